The van der Waals surface area contributed by atoms with Crippen LogP contribution in [0.5, 0.6) is 5.75 Å². The summed E-state index contributed by atoms with van der Waals surface area (Å²) in [6.45, 7) is 4.27. The zero-order valence-corrected chi connectivity index (χ0v) is 15.4. The Morgan fingerprint density at radius 1 is 1.20 bits per heavy atom. The van der Waals surface area contributed by atoms with E-state index in [4.69, 9.17) is 27.9 Å². The number of benzene rings is 2. The molecule has 1 aromatic heterocycles. The maximum absolute atomic E-state index is 12.5. The molecule has 0 aliphatic heterocycles. The number of rotatable bonds is 5. The number of H-pyrrole nitrogens is 1. The van der Waals surface area contributed by atoms with Gasteiger partial charge < -0.3 is 15.0 Å². The number of halogens is 2. The Hall–Kier alpha value is -2.17. The summed E-state index contributed by atoms with van der Waals surface area (Å²) >= 11 is 12.3. The van der Waals surface area contributed by atoms with Crippen molar-refractivity contribution in [3.05, 3.63) is 63.8 Å². The van der Waals surface area contributed by atoms with Crippen LogP contribution in [0.15, 0.2) is 42.5 Å². The topological polar surface area (TPSA) is 54.1 Å². The van der Waals surface area contributed by atoms with Crippen LogP contribution in [-0.2, 0) is 6.54 Å². The second-order valence-corrected chi connectivity index (χ2v) is 6.78. The van der Waals surface area contributed by atoms with Crippen LogP contribution in [-0.4, -0.2) is 17.0 Å². The van der Waals surface area contributed by atoms with Gasteiger partial charge in [0.15, 0.2) is 0 Å². The van der Waals surface area contributed by atoms with E-state index in [1.165, 1.54) is 0 Å². The van der Waals surface area contributed by atoms with E-state index in [2.05, 4.69) is 10.3 Å². The molecule has 0 fully saturated rings. The third-order valence-corrected chi connectivity index (χ3v) is 4.33. The summed E-state index contributed by atoms with van der Waals surface area (Å²) in [6.07, 6.45) is 0.0600. The van der Waals surface area contributed by atoms with E-state index >= 15 is 0 Å². The third-order valence-electron chi connectivity index (χ3n) is 3.70. The van der Waals surface area contributed by atoms with Crippen molar-refractivity contribution < 1.29 is 9.53 Å². The van der Waals surface area contributed by atoms with Gasteiger partial charge in [-0.05, 0) is 38.1 Å². The molecule has 3 aromatic rings. The van der Waals surface area contributed by atoms with Crippen molar-refractivity contribution in [2.75, 3.05) is 0 Å². The van der Waals surface area contributed by atoms with Crippen LogP contribution in [0.2, 0.25) is 10.0 Å². The first kappa shape index (κ1) is 17.6. The second-order valence-electron chi connectivity index (χ2n) is 5.96. The largest absolute Gasteiger partial charge is 0.491 e. The highest BCUT2D eigenvalue weighted by atomic mass is 35.5. The maximum Gasteiger partial charge on any atom is 0.269 e. The van der Waals surface area contributed by atoms with Crippen molar-refractivity contribution in [2.45, 2.75) is 26.5 Å². The Morgan fingerprint density at radius 3 is 2.72 bits per heavy atom. The minimum Gasteiger partial charge on any atom is -0.491 e. The first-order valence-corrected chi connectivity index (χ1v) is 8.71. The minimum absolute atomic E-state index is 0.0600. The predicted octanol–water partition coefficient (Wildman–Crippen LogP) is 5.19. The number of nitrogens with one attached hydrogen (secondary N) is 2. The Morgan fingerprint density at radius 2 is 1.96 bits per heavy atom. The molecule has 0 aliphatic carbocycles. The average molecular weight is 377 g/mol. The van der Waals surface area contributed by atoms with Crippen molar-refractivity contribution in [3.8, 4) is 5.75 Å². The summed E-state index contributed by atoms with van der Waals surface area (Å²) in [5.74, 6) is 0.476. The molecule has 25 heavy (non-hydrogen) atoms. The van der Waals surface area contributed by atoms with Crippen LogP contribution >= 0.6 is 23.2 Å². The fourth-order valence-corrected chi connectivity index (χ4v) is 3.03. The lowest BCUT2D eigenvalue weighted by molar-refractivity contribution is 0.0946. The molecule has 0 saturated carbocycles. The molecular weight excluding hydrogens is 359 g/mol. The zero-order valence-electron chi connectivity index (χ0n) is 13.9. The Labute approximate surface area is 156 Å². The Kier molecular flexibility index (Phi) is 5.21. The van der Waals surface area contributed by atoms with E-state index in [-0.39, 0.29) is 12.0 Å². The molecule has 0 saturated heterocycles. The number of fused-ring (bicyclic) bond motifs is 1. The van der Waals surface area contributed by atoms with E-state index in [0.717, 1.165) is 22.2 Å². The number of aromatic nitrogens is 1. The SMILES string of the molecule is CC(C)Oc1ccccc1CNC(=O)c1[nH]c2ccc(Cl)cc2c1Cl. The smallest absolute Gasteiger partial charge is 0.269 e. The van der Waals surface area contributed by atoms with Crippen molar-refractivity contribution in [1.29, 1.82) is 0 Å². The molecule has 130 valence electrons. The Bertz CT molecular complexity index is 919. The highest BCUT2D eigenvalue weighted by molar-refractivity contribution is 6.39. The molecule has 3 rings (SSSR count). The van der Waals surface area contributed by atoms with Gasteiger partial charge in [0.1, 0.15) is 11.4 Å². The first-order valence-electron chi connectivity index (χ1n) is 7.95. The van der Waals surface area contributed by atoms with Gasteiger partial charge in [-0.25, -0.2) is 0 Å². The molecule has 2 N–H and O–H groups in total. The van der Waals surface area contributed by atoms with Gasteiger partial charge in [0, 0.05) is 28.0 Å². The molecule has 0 radical (unpaired) electrons. The zero-order chi connectivity index (χ0) is 18.0. The summed E-state index contributed by atoms with van der Waals surface area (Å²) in [4.78, 5) is 15.6. The van der Waals surface area contributed by atoms with Crippen LogP contribution in [0.1, 0.15) is 29.9 Å². The summed E-state index contributed by atoms with van der Waals surface area (Å²) in [5.41, 5.74) is 1.99. The van der Waals surface area contributed by atoms with E-state index in [9.17, 15) is 4.79 Å². The maximum atomic E-state index is 12.5. The number of carbonyl (C=O) groups excluding carboxylic acids is 1. The fraction of sp³-hybridized carbons (Fsp3) is 0.211. The second kappa shape index (κ2) is 7.38. The number of carbonyl (C=O) groups is 1. The fourth-order valence-electron chi connectivity index (χ4n) is 2.57. The van der Waals surface area contributed by atoms with Gasteiger partial charge in [0.25, 0.3) is 5.91 Å². The van der Waals surface area contributed by atoms with Gasteiger partial charge in [-0.15, -0.1) is 0 Å². The van der Waals surface area contributed by atoms with Crippen molar-refractivity contribution in [3.63, 3.8) is 0 Å². The quantitative estimate of drug-likeness (QED) is 0.643. The van der Waals surface area contributed by atoms with Gasteiger partial charge in [0.2, 0.25) is 0 Å². The highest BCUT2D eigenvalue weighted by Gasteiger charge is 2.17. The predicted molar refractivity (Wildman–Crippen MR) is 102 cm³/mol. The Balaban J connectivity index is 1.79. The standard InChI is InChI=1S/C19H18Cl2N2O2/c1-11(2)25-16-6-4-3-5-12(16)10-22-19(24)18-17(21)14-9-13(20)7-8-15(14)23-18/h3-9,11,23H,10H2,1-2H3,(H,22,24). The van der Waals surface area contributed by atoms with E-state index < -0.39 is 0 Å². The number of para-hydroxylation sites is 1. The average Bonchev–Trinajstić information content (AvgIpc) is 2.90. The van der Waals surface area contributed by atoms with Crippen LogP contribution in [0.25, 0.3) is 10.9 Å². The van der Waals surface area contributed by atoms with Gasteiger partial charge in [-0.3, -0.25) is 4.79 Å². The van der Waals surface area contributed by atoms with Gasteiger partial charge >= 0.3 is 0 Å². The van der Waals surface area contributed by atoms with Gasteiger partial charge in [-0.1, -0.05) is 41.4 Å². The normalized spacial score (nSPS) is 11.1. The summed E-state index contributed by atoms with van der Waals surface area (Å²) < 4.78 is 5.77. The molecular formula is C19H18Cl2N2O2. The number of amides is 1. The van der Waals surface area contributed by atoms with Gasteiger partial charge in [0.05, 0.1) is 11.1 Å². The molecule has 0 atom stereocenters. The number of aromatic amines is 1. The summed E-state index contributed by atoms with van der Waals surface area (Å²) in [5, 5.41) is 4.53. The van der Waals surface area contributed by atoms with E-state index in [1.54, 1.807) is 18.2 Å². The van der Waals surface area contributed by atoms with Crippen LogP contribution < -0.4 is 10.1 Å². The number of hydrogen-bond donors (Lipinski definition) is 2. The van der Waals surface area contributed by atoms with E-state index in [1.807, 2.05) is 38.1 Å². The molecule has 4 nitrogen and oxygen atoms in total. The van der Waals surface area contributed by atoms with Gasteiger partial charge in [-0.2, -0.15) is 0 Å². The highest BCUT2D eigenvalue weighted by Crippen LogP contribution is 2.29. The molecule has 2 aromatic carbocycles. The first-order chi connectivity index (χ1) is 12.0. The molecule has 6 heteroatoms. The van der Waals surface area contributed by atoms with E-state index in [0.29, 0.717) is 22.3 Å². The lowest BCUT2D eigenvalue weighted by atomic mass is 10.2. The molecule has 0 spiro atoms. The minimum atomic E-state index is -0.281. The van der Waals surface area contributed by atoms with Crippen LogP contribution in [0, 0.1) is 0 Å². The molecule has 0 bridgehead atoms. The van der Waals surface area contributed by atoms with Crippen molar-refractivity contribution in [1.82, 2.24) is 10.3 Å². The monoisotopic (exact) mass is 376 g/mol. The van der Waals surface area contributed by atoms with Crippen LogP contribution in [0.3, 0.4) is 0 Å². The summed E-state index contributed by atoms with van der Waals surface area (Å²) in [7, 11) is 0. The van der Waals surface area contributed by atoms with Crippen molar-refractivity contribution in [2.24, 2.45) is 0 Å². The molecule has 1 amide bonds. The molecule has 0 aliphatic rings. The number of ether oxygens (including phenoxy) is 1. The molecule has 0 unspecified atom stereocenters. The molecule has 1 heterocycles. The number of hydrogen-bond acceptors (Lipinski definition) is 2. The van der Waals surface area contributed by atoms with Crippen LogP contribution in [0.4, 0.5) is 0 Å². The summed E-state index contributed by atoms with van der Waals surface area (Å²) in [6, 6.07) is 12.9. The lowest BCUT2D eigenvalue weighted by Gasteiger charge is -2.14. The lowest BCUT2D eigenvalue weighted by Crippen LogP contribution is -2.24. The third kappa shape index (κ3) is 3.91. The van der Waals surface area contributed by atoms with Crippen molar-refractivity contribution >= 4 is 40.0 Å².